The minimum atomic E-state index is -1.49. The molecule has 1 aromatic rings. The van der Waals surface area contributed by atoms with E-state index in [-0.39, 0.29) is 17.0 Å². The highest BCUT2D eigenvalue weighted by atomic mass is 35.5. The maximum Gasteiger partial charge on any atom is 0.233 e. The summed E-state index contributed by atoms with van der Waals surface area (Å²) in [6.45, 7) is 2.19. The lowest BCUT2D eigenvalue weighted by Crippen LogP contribution is -2.54. The van der Waals surface area contributed by atoms with Crippen molar-refractivity contribution in [3.63, 3.8) is 0 Å². The van der Waals surface area contributed by atoms with Crippen LogP contribution in [-0.2, 0) is 21.5 Å². The lowest BCUT2D eigenvalue weighted by molar-refractivity contribution is -0.132. The average molecular weight is 428 g/mol. The minimum Gasteiger partial charge on any atom is -0.369 e. The number of benzene rings is 1. The van der Waals surface area contributed by atoms with Gasteiger partial charge in [-0.05, 0) is 36.4 Å². The van der Waals surface area contributed by atoms with E-state index < -0.39 is 17.2 Å². The maximum absolute atomic E-state index is 13.1. The van der Waals surface area contributed by atoms with Crippen molar-refractivity contribution in [1.29, 1.82) is 0 Å². The number of nitrogens with two attached hydrogens (primary N) is 2. The van der Waals surface area contributed by atoms with Crippen LogP contribution in [0.15, 0.2) is 41.5 Å². The molecule has 0 fully saturated rings. The van der Waals surface area contributed by atoms with Crippen molar-refractivity contribution >= 4 is 46.8 Å². The first kappa shape index (κ1) is 21.8. The SMILES string of the molecule is CSC[C@H](C)NC(=O)C1C(Cl)=CC=CC1(C(N)=O)c1ccc(CN)cc1Cl. The van der Waals surface area contributed by atoms with Crippen LogP contribution in [0.1, 0.15) is 18.1 Å². The fraction of sp³-hybridized carbons (Fsp3) is 0.368. The van der Waals surface area contributed by atoms with E-state index in [9.17, 15) is 9.59 Å². The van der Waals surface area contributed by atoms with Gasteiger partial charge in [0.25, 0.3) is 0 Å². The van der Waals surface area contributed by atoms with Crippen molar-refractivity contribution in [1.82, 2.24) is 5.32 Å². The molecule has 3 atom stereocenters. The molecule has 0 spiro atoms. The molecule has 2 unspecified atom stereocenters. The molecule has 8 heteroatoms. The van der Waals surface area contributed by atoms with Gasteiger partial charge in [-0.3, -0.25) is 9.59 Å². The number of halogens is 2. The number of carbonyl (C=O) groups excluding carboxylic acids is 2. The van der Waals surface area contributed by atoms with E-state index in [1.165, 1.54) is 0 Å². The van der Waals surface area contributed by atoms with Gasteiger partial charge in [-0.1, -0.05) is 47.5 Å². The second-order valence-electron chi connectivity index (χ2n) is 6.46. The molecule has 146 valence electrons. The van der Waals surface area contributed by atoms with Crippen LogP contribution in [0.3, 0.4) is 0 Å². The van der Waals surface area contributed by atoms with E-state index >= 15 is 0 Å². The minimum absolute atomic E-state index is 0.0939. The lowest BCUT2D eigenvalue weighted by Gasteiger charge is -2.38. The van der Waals surface area contributed by atoms with Gasteiger partial charge in [0, 0.05) is 28.4 Å². The molecule has 5 N–H and O–H groups in total. The summed E-state index contributed by atoms with van der Waals surface area (Å²) >= 11 is 14.5. The zero-order valence-corrected chi connectivity index (χ0v) is 17.5. The summed E-state index contributed by atoms with van der Waals surface area (Å²) in [5, 5.41) is 3.45. The van der Waals surface area contributed by atoms with Gasteiger partial charge >= 0.3 is 0 Å². The zero-order chi connectivity index (χ0) is 20.2. The largest absolute Gasteiger partial charge is 0.369 e. The van der Waals surface area contributed by atoms with E-state index in [1.54, 1.807) is 48.2 Å². The standard InChI is InChI=1S/C19H23Cl2N3O2S/c1-11(10-27-2)24-17(25)16-14(20)4-3-7-19(16,18(23)26)13-6-5-12(9-22)8-15(13)21/h3-8,11,16H,9-10,22H2,1-2H3,(H2,23,26)(H,24,25)/t11-,16?,19?/m0/s1. The van der Waals surface area contributed by atoms with E-state index in [0.717, 1.165) is 11.3 Å². The van der Waals surface area contributed by atoms with Gasteiger partial charge in [0.1, 0.15) is 5.41 Å². The predicted molar refractivity (Wildman–Crippen MR) is 113 cm³/mol. The summed E-state index contributed by atoms with van der Waals surface area (Å²) in [5.74, 6) is -1.36. The number of rotatable bonds is 7. The van der Waals surface area contributed by atoms with Gasteiger partial charge in [0.05, 0.1) is 5.92 Å². The summed E-state index contributed by atoms with van der Waals surface area (Å²) in [6.07, 6.45) is 6.75. The van der Waals surface area contributed by atoms with Crippen molar-refractivity contribution in [2.24, 2.45) is 17.4 Å². The van der Waals surface area contributed by atoms with Crippen LogP contribution in [0.2, 0.25) is 5.02 Å². The van der Waals surface area contributed by atoms with Crippen molar-refractivity contribution in [2.75, 3.05) is 12.0 Å². The van der Waals surface area contributed by atoms with Crippen molar-refractivity contribution in [2.45, 2.75) is 24.9 Å². The fourth-order valence-electron chi connectivity index (χ4n) is 3.28. The molecule has 0 bridgehead atoms. The molecule has 2 amide bonds. The molecule has 0 aliphatic heterocycles. The molecule has 1 aliphatic rings. The molecule has 0 saturated heterocycles. The summed E-state index contributed by atoms with van der Waals surface area (Å²) in [7, 11) is 0. The third kappa shape index (κ3) is 4.35. The quantitative estimate of drug-likeness (QED) is 0.622. The van der Waals surface area contributed by atoms with E-state index in [1.807, 2.05) is 13.2 Å². The summed E-state index contributed by atoms with van der Waals surface area (Å²) in [5.41, 5.74) is 11.2. The van der Waals surface area contributed by atoms with Crippen LogP contribution in [0, 0.1) is 5.92 Å². The molecule has 0 saturated carbocycles. The first-order chi connectivity index (χ1) is 12.8. The molecule has 0 heterocycles. The second-order valence-corrected chi connectivity index (χ2v) is 8.21. The number of amides is 2. The number of thioether (sulfide) groups is 1. The topological polar surface area (TPSA) is 98.2 Å². The molecule has 0 radical (unpaired) electrons. The molecule has 27 heavy (non-hydrogen) atoms. The Hall–Kier alpha value is -1.47. The van der Waals surface area contributed by atoms with Crippen LogP contribution in [0.5, 0.6) is 0 Å². The Labute approximate surface area is 173 Å². The summed E-state index contributed by atoms with van der Waals surface area (Å²) < 4.78 is 0. The van der Waals surface area contributed by atoms with Crippen LogP contribution in [0.25, 0.3) is 0 Å². The smallest absolute Gasteiger partial charge is 0.233 e. The highest BCUT2D eigenvalue weighted by Gasteiger charge is 2.51. The number of hydrogen-bond acceptors (Lipinski definition) is 4. The molecule has 2 rings (SSSR count). The van der Waals surface area contributed by atoms with Crippen LogP contribution in [-0.4, -0.2) is 29.9 Å². The van der Waals surface area contributed by atoms with Crippen LogP contribution in [0.4, 0.5) is 0 Å². The van der Waals surface area contributed by atoms with Crippen molar-refractivity contribution < 1.29 is 9.59 Å². The number of nitrogens with one attached hydrogen (secondary N) is 1. The molecular formula is C19H23Cl2N3O2S. The number of carbonyl (C=O) groups is 2. The van der Waals surface area contributed by atoms with Gasteiger partial charge in [0.15, 0.2) is 0 Å². The highest BCUT2D eigenvalue weighted by Crippen LogP contribution is 2.45. The number of hydrogen-bond donors (Lipinski definition) is 3. The van der Waals surface area contributed by atoms with E-state index in [2.05, 4.69) is 5.32 Å². The second kappa shape index (κ2) is 9.15. The molecule has 5 nitrogen and oxygen atoms in total. The van der Waals surface area contributed by atoms with Gasteiger partial charge < -0.3 is 16.8 Å². The number of primary amides is 1. The predicted octanol–water partition coefficient (Wildman–Crippen LogP) is 2.70. The van der Waals surface area contributed by atoms with Gasteiger partial charge in [-0.25, -0.2) is 0 Å². The molecular weight excluding hydrogens is 405 g/mol. The zero-order valence-electron chi connectivity index (χ0n) is 15.2. The van der Waals surface area contributed by atoms with E-state index in [4.69, 9.17) is 34.7 Å². The first-order valence-electron chi connectivity index (χ1n) is 8.41. The Kier molecular flexibility index (Phi) is 7.40. The van der Waals surface area contributed by atoms with Crippen LogP contribution >= 0.6 is 35.0 Å². The summed E-state index contributed by atoms with van der Waals surface area (Å²) in [6, 6.07) is 5.02. The van der Waals surface area contributed by atoms with Gasteiger partial charge in [-0.2, -0.15) is 11.8 Å². The number of allylic oxidation sites excluding steroid dienone is 2. The van der Waals surface area contributed by atoms with Crippen molar-refractivity contribution in [3.05, 3.63) is 57.6 Å². The monoisotopic (exact) mass is 427 g/mol. The Morgan fingerprint density at radius 3 is 2.63 bits per heavy atom. The van der Waals surface area contributed by atoms with Gasteiger partial charge in [-0.15, -0.1) is 0 Å². The lowest BCUT2D eigenvalue weighted by atomic mass is 9.66. The maximum atomic E-state index is 13.1. The van der Waals surface area contributed by atoms with E-state index in [0.29, 0.717) is 17.1 Å². The summed E-state index contributed by atoms with van der Waals surface area (Å²) in [4.78, 5) is 25.7. The third-order valence-electron chi connectivity index (χ3n) is 4.54. The Morgan fingerprint density at radius 1 is 1.37 bits per heavy atom. The molecule has 1 aromatic carbocycles. The highest BCUT2D eigenvalue weighted by molar-refractivity contribution is 7.98. The Bertz CT molecular complexity index is 797. The normalized spacial score (nSPS) is 22.9. The Morgan fingerprint density at radius 2 is 2.07 bits per heavy atom. The van der Waals surface area contributed by atoms with Crippen LogP contribution < -0.4 is 16.8 Å². The molecule has 0 aromatic heterocycles. The first-order valence-corrected chi connectivity index (χ1v) is 10.6. The van der Waals surface area contributed by atoms with Gasteiger partial charge in [0.2, 0.25) is 11.8 Å². The third-order valence-corrected chi connectivity index (χ3v) is 6.03. The molecule has 1 aliphatic carbocycles. The average Bonchev–Trinajstić information content (AvgIpc) is 2.60. The van der Waals surface area contributed by atoms with Crippen molar-refractivity contribution in [3.8, 4) is 0 Å². The fourth-order valence-corrected chi connectivity index (χ4v) is 4.56. The Balaban J connectivity index is 2.58.